The maximum Gasteiger partial charge on any atom is 0.573 e. The number of halogens is 3. The minimum absolute atomic E-state index is 0.187. The Morgan fingerprint density at radius 3 is 2.24 bits per heavy atom. The fraction of sp³-hybridized carbons (Fsp3) is 0.200. The van der Waals surface area contributed by atoms with Crippen molar-refractivity contribution in [2.24, 2.45) is 0 Å². The lowest BCUT2D eigenvalue weighted by Crippen LogP contribution is -2.18. The smallest absolute Gasteiger partial charge is 0.495 e. The van der Waals surface area contributed by atoms with Gasteiger partial charge in [0, 0.05) is 12.1 Å². The van der Waals surface area contributed by atoms with Gasteiger partial charge in [-0.05, 0) is 18.2 Å². The predicted molar refractivity (Wildman–Crippen MR) is 73.4 cm³/mol. The van der Waals surface area contributed by atoms with Crippen LogP contribution in [0.1, 0.15) is 5.56 Å². The largest absolute Gasteiger partial charge is 0.573 e. The molecule has 0 amide bonds. The zero-order chi connectivity index (χ0) is 15.3. The molecule has 0 saturated carbocycles. The number of hydrogen-bond donors (Lipinski definition) is 1. The van der Waals surface area contributed by atoms with Gasteiger partial charge in [0.25, 0.3) is 0 Å². The molecule has 2 aromatic rings. The van der Waals surface area contributed by atoms with Gasteiger partial charge in [0.15, 0.2) is 0 Å². The van der Waals surface area contributed by atoms with E-state index in [0.29, 0.717) is 17.0 Å². The lowest BCUT2D eigenvalue weighted by Gasteiger charge is -2.15. The highest BCUT2D eigenvalue weighted by molar-refractivity contribution is 5.56. The van der Waals surface area contributed by atoms with E-state index >= 15 is 0 Å². The van der Waals surface area contributed by atoms with Gasteiger partial charge in [0.05, 0.1) is 12.8 Å². The van der Waals surface area contributed by atoms with Crippen LogP contribution in [-0.4, -0.2) is 13.5 Å². The molecular weight excluding hydrogens is 283 g/mol. The van der Waals surface area contributed by atoms with Crippen LogP contribution in [0, 0.1) is 0 Å². The quantitative estimate of drug-likeness (QED) is 0.897. The van der Waals surface area contributed by atoms with Crippen molar-refractivity contribution in [3.63, 3.8) is 0 Å². The molecule has 0 atom stereocenters. The first-order chi connectivity index (χ1) is 9.99. The summed E-state index contributed by atoms with van der Waals surface area (Å²) >= 11 is 0. The molecule has 0 aliphatic rings. The molecule has 2 rings (SSSR count). The van der Waals surface area contributed by atoms with Gasteiger partial charge in [0.1, 0.15) is 11.5 Å². The van der Waals surface area contributed by atoms with E-state index in [1.165, 1.54) is 19.2 Å². The summed E-state index contributed by atoms with van der Waals surface area (Å²) in [5, 5.41) is 3.03. The second-order valence-corrected chi connectivity index (χ2v) is 4.21. The normalized spacial score (nSPS) is 11.0. The van der Waals surface area contributed by atoms with Crippen LogP contribution in [0.25, 0.3) is 0 Å². The molecule has 6 heteroatoms. The van der Waals surface area contributed by atoms with Crippen molar-refractivity contribution in [2.45, 2.75) is 12.9 Å². The number of benzene rings is 2. The first kappa shape index (κ1) is 15.0. The summed E-state index contributed by atoms with van der Waals surface area (Å²) in [5.74, 6) is 0.402. The van der Waals surface area contributed by atoms with Gasteiger partial charge >= 0.3 is 6.36 Å². The molecule has 0 bridgehead atoms. The Hall–Kier alpha value is -2.37. The maximum atomic E-state index is 12.3. The Labute approximate surface area is 120 Å². The van der Waals surface area contributed by atoms with Crippen LogP contribution in [0.5, 0.6) is 11.5 Å². The van der Waals surface area contributed by atoms with Crippen LogP contribution in [0.15, 0.2) is 48.5 Å². The van der Waals surface area contributed by atoms with Crippen molar-refractivity contribution in [2.75, 3.05) is 12.4 Å². The lowest BCUT2D eigenvalue weighted by molar-refractivity contribution is -0.274. The van der Waals surface area contributed by atoms with Crippen molar-refractivity contribution >= 4 is 5.69 Å². The Kier molecular flexibility index (Phi) is 4.57. The molecule has 0 fully saturated rings. The van der Waals surface area contributed by atoms with Crippen LogP contribution in [-0.2, 0) is 6.54 Å². The van der Waals surface area contributed by atoms with E-state index < -0.39 is 6.36 Å². The number of anilines is 1. The Morgan fingerprint density at radius 1 is 0.952 bits per heavy atom. The summed E-state index contributed by atoms with van der Waals surface area (Å²) in [4.78, 5) is 0. The summed E-state index contributed by atoms with van der Waals surface area (Å²) < 4.78 is 46.2. The molecule has 3 nitrogen and oxygen atoms in total. The molecular formula is C15H14F3NO2. The summed E-state index contributed by atoms with van der Waals surface area (Å²) in [6, 6.07) is 13.2. The zero-order valence-electron chi connectivity index (χ0n) is 11.3. The number of alkyl halides is 3. The first-order valence-electron chi connectivity index (χ1n) is 6.20. The van der Waals surface area contributed by atoms with Crippen LogP contribution < -0.4 is 14.8 Å². The van der Waals surface area contributed by atoms with Crippen LogP contribution in [0.3, 0.4) is 0 Å². The highest BCUT2D eigenvalue weighted by Crippen LogP contribution is 2.28. The standard InChI is InChI=1S/C15H14F3NO2/c1-20-14-9-5-3-7-12(14)19-10-11-6-2-4-8-13(11)21-15(16,17)18/h2-9,19H,10H2,1H3. The third-order valence-corrected chi connectivity index (χ3v) is 2.77. The number of hydrogen-bond acceptors (Lipinski definition) is 3. The summed E-state index contributed by atoms with van der Waals surface area (Å²) in [7, 11) is 1.53. The van der Waals surface area contributed by atoms with Gasteiger partial charge in [-0.25, -0.2) is 0 Å². The molecule has 0 radical (unpaired) electrons. The molecule has 0 unspecified atom stereocenters. The minimum atomic E-state index is -4.71. The highest BCUT2D eigenvalue weighted by atomic mass is 19.4. The molecule has 1 N–H and O–H groups in total. The van der Waals surface area contributed by atoms with Gasteiger partial charge in [-0.3, -0.25) is 0 Å². The summed E-state index contributed by atoms with van der Waals surface area (Å²) in [5.41, 5.74) is 1.10. The van der Waals surface area contributed by atoms with Crippen LogP contribution in [0.2, 0.25) is 0 Å². The second-order valence-electron chi connectivity index (χ2n) is 4.21. The molecule has 21 heavy (non-hydrogen) atoms. The van der Waals surface area contributed by atoms with Gasteiger partial charge < -0.3 is 14.8 Å². The second kappa shape index (κ2) is 6.39. The summed E-state index contributed by atoms with van der Waals surface area (Å²) in [6.45, 7) is 0.187. The molecule has 0 aliphatic carbocycles. The molecule has 0 aromatic heterocycles. The van der Waals surface area contributed by atoms with Crippen molar-refractivity contribution in [1.29, 1.82) is 0 Å². The third kappa shape index (κ3) is 4.30. The number of ether oxygens (including phenoxy) is 2. The van der Waals surface area contributed by atoms with Crippen molar-refractivity contribution in [3.8, 4) is 11.5 Å². The van der Waals surface area contributed by atoms with Crippen molar-refractivity contribution in [1.82, 2.24) is 0 Å². The Morgan fingerprint density at radius 2 is 1.57 bits per heavy atom. The molecule has 0 heterocycles. The minimum Gasteiger partial charge on any atom is -0.495 e. The number of para-hydroxylation sites is 3. The average molecular weight is 297 g/mol. The van der Waals surface area contributed by atoms with Crippen LogP contribution >= 0.6 is 0 Å². The fourth-order valence-electron chi connectivity index (χ4n) is 1.86. The number of methoxy groups -OCH3 is 1. The topological polar surface area (TPSA) is 30.5 Å². The average Bonchev–Trinajstić information content (AvgIpc) is 2.45. The van der Waals surface area contributed by atoms with E-state index in [1.807, 2.05) is 12.1 Å². The lowest BCUT2D eigenvalue weighted by atomic mass is 10.2. The highest BCUT2D eigenvalue weighted by Gasteiger charge is 2.31. The molecule has 0 aliphatic heterocycles. The third-order valence-electron chi connectivity index (χ3n) is 2.77. The van der Waals surface area contributed by atoms with E-state index in [1.54, 1.807) is 24.3 Å². The van der Waals surface area contributed by atoms with Gasteiger partial charge in [-0.2, -0.15) is 0 Å². The van der Waals surface area contributed by atoms with E-state index in [2.05, 4.69) is 10.1 Å². The maximum absolute atomic E-state index is 12.3. The van der Waals surface area contributed by atoms with Gasteiger partial charge in [0.2, 0.25) is 0 Å². The molecule has 112 valence electrons. The molecule has 0 saturated heterocycles. The van der Waals surface area contributed by atoms with E-state index in [9.17, 15) is 13.2 Å². The van der Waals surface area contributed by atoms with Crippen LogP contribution in [0.4, 0.5) is 18.9 Å². The van der Waals surface area contributed by atoms with Crippen molar-refractivity contribution < 1.29 is 22.6 Å². The molecule has 0 spiro atoms. The van der Waals surface area contributed by atoms with Gasteiger partial charge in [-0.1, -0.05) is 30.3 Å². The predicted octanol–water partition coefficient (Wildman–Crippen LogP) is 4.21. The summed E-state index contributed by atoms with van der Waals surface area (Å²) in [6.07, 6.45) is -4.71. The van der Waals surface area contributed by atoms with Gasteiger partial charge in [-0.15, -0.1) is 13.2 Å². The van der Waals surface area contributed by atoms with Crippen molar-refractivity contribution in [3.05, 3.63) is 54.1 Å². The Bertz CT molecular complexity index is 599. The molecule has 2 aromatic carbocycles. The zero-order valence-corrected chi connectivity index (χ0v) is 11.3. The fourth-order valence-corrected chi connectivity index (χ4v) is 1.86. The van der Waals surface area contributed by atoms with E-state index in [0.717, 1.165) is 0 Å². The SMILES string of the molecule is COc1ccccc1NCc1ccccc1OC(F)(F)F. The van der Waals surface area contributed by atoms with E-state index in [4.69, 9.17) is 4.74 Å². The number of nitrogens with one attached hydrogen (secondary N) is 1. The first-order valence-corrected chi connectivity index (χ1v) is 6.20. The van der Waals surface area contributed by atoms with E-state index in [-0.39, 0.29) is 12.3 Å². The monoisotopic (exact) mass is 297 g/mol. The number of rotatable bonds is 5. The Balaban J connectivity index is 2.13.